The molecule has 5 rings (SSSR count). The minimum Gasteiger partial charge on any atom is -0.457 e. The molecule has 0 spiro atoms. The number of hydrogen-bond donors (Lipinski definition) is 2. The summed E-state index contributed by atoms with van der Waals surface area (Å²) in [6.07, 6.45) is 6.98. The summed E-state index contributed by atoms with van der Waals surface area (Å²) in [5.41, 5.74) is 9.32. The first-order chi connectivity index (χ1) is 16.0. The molecule has 0 bridgehead atoms. The van der Waals surface area contributed by atoms with Crippen LogP contribution in [-0.4, -0.2) is 38.5 Å². The fourth-order valence-corrected chi connectivity index (χ4v) is 4.39. The van der Waals surface area contributed by atoms with Gasteiger partial charge >= 0.3 is 0 Å². The summed E-state index contributed by atoms with van der Waals surface area (Å²) in [4.78, 5) is 18.0. The summed E-state index contributed by atoms with van der Waals surface area (Å²) in [7, 11) is 0. The summed E-state index contributed by atoms with van der Waals surface area (Å²) >= 11 is 0. The number of ether oxygens (including phenoxy) is 1. The van der Waals surface area contributed by atoms with Crippen LogP contribution < -0.4 is 10.5 Å². The van der Waals surface area contributed by atoms with Crippen LogP contribution in [-0.2, 0) is 0 Å². The van der Waals surface area contributed by atoms with Gasteiger partial charge in [0, 0.05) is 30.1 Å². The van der Waals surface area contributed by atoms with E-state index in [-0.39, 0.29) is 5.82 Å². The number of allylic oxidation sites excluding steroid dienone is 1. The number of rotatable bonds is 6. The molecule has 8 heteroatoms. The molecule has 1 fully saturated rings. The van der Waals surface area contributed by atoms with Crippen LogP contribution in [0.2, 0.25) is 0 Å². The standard InChI is InChI=1S/C25H24FN5O2/c1-2-12-30-13-11-17(15-30)21-14-28-31-23(24(27)32)22(29-25(21)31)16-3-7-19(8-4-16)33-20-9-5-18(26)6-10-20/h2-10,12,14,17,29H,11,13,15H2,1H3,(H2,27,32). The lowest BCUT2D eigenvalue weighted by Crippen LogP contribution is -2.15. The SMILES string of the molecule is CC=CN1CCC(c2cnn3c(C(N)=O)c(-c4ccc(Oc5ccc(F)cc5)cc4)[nH]c23)C1. The number of H-pyrrole nitrogens is 1. The molecule has 1 aliphatic heterocycles. The third-order valence-corrected chi connectivity index (χ3v) is 5.93. The third kappa shape index (κ3) is 3.95. The van der Waals surface area contributed by atoms with E-state index in [0.717, 1.165) is 36.3 Å². The maximum absolute atomic E-state index is 13.1. The highest BCUT2D eigenvalue weighted by atomic mass is 19.1. The molecule has 1 amide bonds. The molecule has 0 aliphatic carbocycles. The smallest absolute Gasteiger partial charge is 0.269 e. The monoisotopic (exact) mass is 445 g/mol. The molecule has 4 aromatic rings. The fraction of sp³-hybridized carbons (Fsp3) is 0.200. The molecule has 2 aromatic heterocycles. The van der Waals surface area contributed by atoms with Gasteiger partial charge in [0.25, 0.3) is 5.91 Å². The number of amides is 1. The second-order valence-corrected chi connectivity index (χ2v) is 8.12. The first-order valence-corrected chi connectivity index (χ1v) is 10.8. The van der Waals surface area contributed by atoms with E-state index in [0.29, 0.717) is 28.8 Å². The Morgan fingerprint density at radius 1 is 1.18 bits per heavy atom. The van der Waals surface area contributed by atoms with Crippen LogP contribution in [0.3, 0.4) is 0 Å². The van der Waals surface area contributed by atoms with E-state index in [4.69, 9.17) is 10.5 Å². The van der Waals surface area contributed by atoms with Gasteiger partial charge < -0.3 is 20.4 Å². The number of aromatic amines is 1. The van der Waals surface area contributed by atoms with Crippen LogP contribution in [0.1, 0.15) is 35.3 Å². The van der Waals surface area contributed by atoms with Gasteiger partial charge in [-0.05, 0) is 68.1 Å². The van der Waals surface area contributed by atoms with E-state index in [1.54, 1.807) is 28.8 Å². The zero-order valence-corrected chi connectivity index (χ0v) is 18.2. The summed E-state index contributed by atoms with van der Waals surface area (Å²) < 4.78 is 20.5. The van der Waals surface area contributed by atoms with Gasteiger partial charge in [0.05, 0.1) is 11.9 Å². The zero-order chi connectivity index (χ0) is 22.9. The lowest BCUT2D eigenvalue weighted by Gasteiger charge is -2.11. The molecule has 0 radical (unpaired) electrons. The van der Waals surface area contributed by atoms with Gasteiger partial charge in [0.1, 0.15) is 23.0 Å². The first kappa shape index (κ1) is 20.8. The Morgan fingerprint density at radius 2 is 1.88 bits per heavy atom. The maximum atomic E-state index is 13.1. The molecule has 3 N–H and O–H groups in total. The quantitative estimate of drug-likeness (QED) is 0.451. The number of carbonyl (C=O) groups is 1. The van der Waals surface area contributed by atoms with Crippen molar-refractivity contribution in [2.75, 3.05) is 13.1 Å². The Balaban J connectivity index is 1.46. The van der Waals surface area contributed by atoms with Gasteiger partial charge in [0.2, 0.25) is 0 Å². The number of nitrogens with one attached hydrogen (secondary N) is 1. The second kappa shape index (κ2) is 8.46. The number of nitrogens with zero attached hydrogens (tertiary/aromatic N) is 3. The molecule has 3 heterocycles. The minimum absolute atomic E-state index is 0.312. The lowest BCUT2D eigenvalue weighted by atomic mass is 10.0. The van der Waals surface area contributed by atoms with Crippen molar-refractivity contribution < 1.29 is 13.9 Å². The second-order valence-electron chi connectivity index (χ2n) is 8.12. The zero-order valence-electron chi connectivity index (χ0n) is 18.2. The van der Waals surface area contributed by atoms with Crippen LogP contribution in [0.25, 0.3) is 16.9 Å². The van der Waals surface area contributed by atoms with Crippen LogP contribution in [0, 0.1) is 5.82 Å². The average Bonchev–Trinajstić information content (AvgIpc) is 3.51. The molecule has 2 aromatic carbocycles. The van der Waals surface area contributed by atoms with E-state index >= 15 is 0 Å². The Bertz CT molecular complexity index is 1320. The Kier molecular flexibility index (Phi) is 5.34. The molecule has 1 unspecified atom stereocenters. The number of benzene rings is 2. The fourth-order valence-electron chi connectivity index (χ4n) is 4.39. The topological polar surface area (TPSA) is 88.7 Å². The van der Waals surface area contributed by atoms with Gasteiger partial charge in [-0.1, -0.05) is 6.08 Å². The highest BCUT2D eigenvalue weighted by molar-refractivity contribution is 5.98. The van der Waals surface area contributed by atoms with Crippen molar-refractivity contribution in [1.29, 1.82) is 0 Å². The maximum Gasteiger partial charge on any atom is 0.269 e. The van der Waals surface area contributed by atoms with Crippen molar-refractivity contribution >= 4 is 11.6 Å². The van der Waals surface area contributed by atoms with Crippen LogP contribution in [0.15, 0.2) is 67.0 Å². The largest absolute Gasteiger partial charge is 0.457 e. The third-order valence-electron chi connectivity index (χ3n) is 5.93. The molecule has 1 saturated heterocycles. The van der Waals surface area contributed by atoms with Gasteiger partial charge in [-0.25, -0.2) is 8.91 Å². The van der Waals surface area contributed by atoms with Gasteiger partial charge in [-0.15, -0.1) is 0 Å². The number of likely N-dealkylation sites (tertiary alicyclic amines) is 1. The van der Waals surface area contributed by atoms with Crippen molar-refractivity contribution in [3.8, 4) is 22.8 Å². The van der Waals surface area contributed by atoms with Crippen molar-refractivity contribution in [2.45, 2.75) is 19.3 Å². The van der Waals surface area contributed by atoms with E-state index in [1.807, 2.05) is 31.3 Å². The molecule has 7 nitrogen and oxygen atoms in total. The molecule has 0 saturated carbocycles. The van der Waals surface area contributed by atoms with Crippen molar-refractivity contribution in [2.24, 2.45) is 5.73 Å². The summed E-state index contributed by atoms with van der Waals surface area (Å²) in [6, 6.07) is 13.1. The van der Waals surface area contributed by atoms with Crippen molar-refractivity contribution in [3.05, 3.63) is 84.1 Å². The summed E-state index contributed by atoms with van der Waals surface area (Å²) in [5.74, 6) is 0.573. The number of hydrogen-bond acceptors (Lipinski definition) is 4. The van der Waals surface area contributed by atoms with E-state index in [1.165, 1.54) is 12.1 Å². The number of aromatic nitrogens is 3. The number of imidazole rings is 1. The van der Waals surface area contributed by atoms with E-state index in [2.05, 4.69) is 21.2 Å². The van der Waals surface area contributed by atoms with E-state index < -0.39 is 5.91 Å². The Hall–Kier alpha value is -4.07. The summed E-state index contributed by atoms with van der Waals surface area (Å²) in [5, 5.41) is 4.47. The van der Waals surface area contributed by atoms with Gasteiger partial charge in [-0.3, -0.25) is 4.79 Å². The van der Waals surface area contributed by atoms with E-state index in [9.17, 15) is 9.18 Å². The van der Waals surface area contributed by atoms with Gasteiger partial charge in [-0.2, -0.15) is 5.10 Å². The highest BCUT2D eigenvalue weighted by Gasteiger charge is 2.28. The van der Waals surface area contributed by atoms with Crippen molar-refractivity contribution in [1.82, 2.24) is 19.5 Å². The number of fused-ring (bicyclic) bond motifs is 1. The molecule has 1 atom stereocenters. The number of carbonyl (C=O) groups excluding carboxylic acids is 1. The van der Waals surface area contributed by atoms with Crippen molar-refractivity contribution in [3.63, 3.8) is 0 Å². The molecule has 1 aliphatic rings. The Morgan fingerprint density at radius 3 is 2.55 bits per heavy atom. The van der Waals surface area contributed by atoms with Crippen LogP contribution >= 0.6 is 0 Å². The first-order valence-electron chi connectivity index (χ1n) is 10.8. The predicted molar refractivity (Wildman–Crippen MR) is 124 cm³/mol. The predicted octanol–water partition coefficient (Wildman–Crippen LogP) is 4.68. The van der Waals surface area contributed by atoms with Crippen LogP contribution in [0.5, 0.6) is 11.5 Å². The van der Waals surface area contributed by atoms with Gasteiger partial charge in [0.15, 0.2) is 5.69 Å². The Labute approximate surface area is 190 Å². The minimum atomic E-state index is -0.556. The molecular weight excluding hydrogens is 421 g/mol. The lowest BCUT2D eigenvalue weighted by molar-refractivity contribution is 0.0994. The number of nitrogens with two attached hydrogens (primary N) is 1. The number of halogens is 1. The normalized spacial score (nSPS) is 16.2. The summed E-state index contributed by atoms with van der Waals surface area (Å²) in [6.45, 7) is 3.90. The van der Waals surface area contributed by atoms with Crippen LogP contribution in [0.4, 0.5) is 4.39 Å². The highest BCUT2D eigenvalue weighted by Crippen LogP contribution is 2.34. The molecular formula is C25H24FN5O2. The molecule has 168 valence electrons. The average molecular weight is 445 g/mol. The molecule has 33 heavy (non-hydrogen) atoms. The number of primary amides is 1.